The Balaban J connectivity index is 1.56. The summed E-state index contributed by atoms with van der Waals surface area (Å²) >= 11 is -1.82. The Morgan fingerprint density at radius 1 is 0.781 bits per heavy atom. The van der Waals surface area contributed by atoms with Crippen LogP contribution in [0.15, 0.2) is 91.0 Å². The van der Waals surface area contributed by atoms with Crippen LogP contribution >= 0.6 is 0 Å². The summed E-state index contributed by atoms with van der Waals surface area (Å²) in [5, 5.41) is 0. The average molecular weight is 453 g/mol. The lowest BCUT2D eigenvalue weighted by molar-refractivity contribution is -0.160. The molecule has 7 heteroatoms. The highest BCUT2D eigenvalue weighted by molar-refractivity contribution is 7.75. The van der Waals surface area contributed by atoms with Crippen molar-refractivity contribution in [1.82, 2.24) is 0 Å². The second-order valence-electron chi connectivity index (χ2n) is 7.69. The third kappa shape index (κ3) is 3.81. The first-order valence-corrected chi connectivity index (χ1v) is 11.5. The molecule has 6 nitrogen and oxygen atoms in total. The van der Waals surface area contributed by atoms with Gasteiger partial charge in [-0.3, -0.25) is 8.37 Å². The Kier molecular flexibility index (Phi) is 6.19. The van der Waals surface area contributed by atoms with Crippen molar-refractivity contribution >= 4 is 11.4 Å². The van der Waals surface area contributed by atoms with Gasteiger partial charge in [0.15, 0.2) is 12.4 Å². The zero-order valence-electron chi connectivity index (χ0n) is 17.5. The maximum atomic E-state index is 11.8. The fourth-order valence-corrected chi connectivity index (χ4v) is 5.26. The van der Waals surface area contributed by atoms with Crippen LogP contribution in [-0.2, 0) is 39.5 Å². The number of benzene rings is 3. The molecule has 3 aromatic carbocycles. The van der Waals surface area contributed by atoms with Gasteiger partial charge in [-0.2, -0.15) is 4.21 Å². The van der Waals surface area contributed by atoms with E-state index in [2.05, 4.69) is 36.4 Å². The highest BCUT2D eigenvalue weighted by Gasteiger charge is 2.54. The molecule has 2 aliphatic rings. The zero-order chi connectivity index (χ0) is 22.0. The number of rotatable bonds is 7. The fourth-order valence-electron chi connectivity index (χ4n) is 4.41. The molecule has 2 aliphatic heterocycles. The lowest BCUT2D eigenvalue weighted by atomic mass is 9.80. The normalized spacial score (nSPS) is 27.3. The summed E-state index contributed by atoms with van der Waals surface area (Å²) in [6.45, 7) is 0.181. The molecular formula is C25H24O6S. The molecule has 166 valence electrons. The minimum absolute atomic E-state index is 0.181. The molecular weight excluding hydrogens is 428 g/mol. The summed E-state index contributed by atoms with van der Waals surface area (Å²) in [6.07, 6.45) is -2.28. The molecule has 2 fully saturated rings. The Morgan fingerprint density at radius 2 is 1.25 bits per heavy atom. The van der Waals surface area contributed by atoms with E-state index < -0.39 is 41.6 Å². The quantitative estimate of drug-likeness (QED) is 0.509. The van der Waals surface area contributed by atoms with Crippen molar-refractivity contribution < 1.29 is 26.8 Å². The molecule has 3 aromatic rings. The maximum absolute atomic E-state index is 11.8. The third-order valence-corrected chi connectivity index (χ3v) is 6.64. The highest BCUT2D eigenvalue weighted by atomic mass is 32.2. The van der Waals surface area contributed by atoms with E-state index in [1.807, 2.05) is 54.6 Å². The predicted octanol–water partition coefficient (Wildman–Crippen LogP) is 3.73. The van der Waals surface area contributed by atoms with Crippen LogP contribution in [0.1, 0.15) is 16.7 Å². The summed E-state index contributed by atoms with van der Waals surface area (Å²) < 4.78 is 40.8. The van der Waals surface area contributed by atoms with E-state index in [4.69, 9.17) is 22.6 Å². The largest absolute Gasteiger partial charge is 0.358 e. The first-order chi connectivity index (χ1) is 15.7. The summed E-state index contributed by atoms with van der Waals surface area (Å²) in [6, 6.07) is 30.3. The van der Waals surface area contributed by atoms with Gasteiger partial charge in [0.2, 0.25) is 0 Å². The number of fused-ring (bicyclic) bond motifs is 1. The molecule has 0 bridgehead atoms. The average Bonchev–Trinajstić information content (AvgIpc) is 3.39. The van der Waals surface area contributed by atoms with Crippen molar-refractivity contribution in [1.29, 1.82) is 0 Å². The molecule has 2 heterocycles. The summed E-state index contributed by atoms with van der Waals surface area (Å²) in [7, 11) is 1.53. The van der Waals surface area contributed by atoms with Crippen LogP contribution in [0.25, 0.3) is 0 Å². The SMILES string of the molecule is CO[C@@H]1O[C@H](COC(c2ccccc2)(c2ccccc2)c2ccccc2)[C@H]2OS(=O)O[C@@H]12. The molecule has 5 rings (SSSR count). The second kappa shape index (κ2) is 9.23. The maximum Gasteiger partial charge on any atom is 0.305 e. The van der Waals surface area contributed by atoms with Crippen LogP contribution in [0.2, 0.25) is 0 Å². The van der Waals surface area contributed by atoms with Gasteiger partial charge >= 0.3 is 11.4 Å². The van der Waals surface area contributed by atoms with Gasteiger partial charge in [-0.05, 0) is 16.7 Å². The molecule has 0 aromatic heterocycles. The Morgan fingerprint density at radius 3 is 1.72 bits per heavy atom. The van der Waals surface area contributed by atoms with Crippen molar-refractivity contribution in [2.24, 2.45) is 0 Å². The minimum Gasteiger partial charge on any atom is -0.358 e. The van der Waals surface area contributed by atoms with Crippen LogP contribution in [0.3, 0.4) is 0 Å². The van der Waals surface area contributed by atoms with E-state index in [9.17, 15) is 4.21 Å². The molecule has 1 unspecified atom stereocenters. The number of hydrogen-bond acceptors (Lipinski definition) is 6. The Bertz CT molecular complexity index is 949. The topological polar surface area (TPSA) is 63.2 Å². The minimum atomic E-state index is -1.82. The molecule has 0 saturated carbocycles. The van der Waals surface area contributed by atoms with Gasteiger partial charge < -0.3 is 14.2 Å². The smallest absolute Gasteiger partial charge is 0.305 e. The number of hydrogen-bond donors (Lipinski definition) is 0. The molecule has 0 radical (unpaired) electrons. The Labute approximate surface area is 189 Å². The first kappa shape index (κ1) is 21.5. The molecule has 32 heavy (non-hydrogen) atoms. The predicted molar refractivity (Wildman–Crippen MR) is 119 cm³/mol. The summed E-state index contributed by atoms with van der Waals surface area (Å²) in [4.78, 5) is 0. The van der Waals surface area contributed by atoms with Crippen molar-refractivity contribution in [3.05, 3.63) is 108 Å². The van der Waals surface area contributed by atoms with Gasteiger partial charge in [0.05, 0.1) is 6.61 Å². The standard InChI is InChI=1S/C25H24O6S/c1-27-24-23-22(30-32(26)31-23)21(29-24)17-28-25(18-11-5-2-6-12-18,19-13-7-3-8-14-19)20-15-9-4-10-16-20/h2-16,21-24H,17H2,1H3/t21-,22-,23-,24-,32?/m1/s1. The van der Waals surface area contributed by atoms with Gasteiger partial charge in [0, 0.05) is 7.11 Å². The van der Waals surface area contributed by atoms with Crippen molar-refractivity contribution in [3.8, 4) is 0 Å². The van der Waals surface area contributed by atoms with Crippen molar-refractivity contribution in [3.63, 3.8) is 0 Å². The van der Waals surface area contributed by atoms with Gasteiger partial charge in [0.1, 0.15) is 17.8 Å². The number of ether oxygens (including phenoxy) is 3. The highest BCUT2D eigenvalue weighted by Crippen LogP contribution is 2.42. The molecule has 0 spiro atoms. The molecule has 0 aliphatic carbocycles. The molecule has 5 atom stereocenters. The van der Waals surface area contributed by atoms with Crippen LogP contribution in [0.5, 0.6) is 0 Å². The van der Waals surface area contributed by atoms with E-state index in [0.717, 1.165) is 16.7 Å². The fraction of sp³-hybridized carbons (Fsp3) is 0.280. The van der Waals surface area contributed by atoms with Gasteiger partial charge in [-0.1, -0.05) is 91.0 Å². The van der Waals surface area contributed by atoms with Crippen molar-refractivity contribution in [2.75, 3.05) is 13.7 Å². The number of methoxy groups -OCH3 is 1. The van der Waals surface area contributed by atoms with Gasteiger partial charge in [-0.25, -0.2) is 0 Å². The monoisotopic (exact) mass is 452 g/mol. The van der Waals surface area contributed by atoms with Crippen molar-refractivity contribution in [2.45, 2.75) is 30.2 Å². The Hall–Kier alpha value is -2.39. The van der Waals surface area contributed by atoms with E-state index >= 15 is 0 Å². The van der Waals surface area contributed by atoms with Crippen LogP contribution in [-0.4, -0.2) is 42.5 Å². The first-order valence-electron chi connectivity index (χ1n) is 10.5. The summed E-state index contributed by atoms with van der Waals surface area (Å²) in [5.41, 5.74) is 2.08. The lowest BCUT2D eigenvalue weighted by Gasteiger charge is -2.37. The zero-order valence-corrected chi connectivity index (χ0v) is 18.4. The van der Waals surface area contributed by atoms with E-state index in [0.29, 0.717) is 0 Å². The van der Waals surface area contributed by atoms with Crippen LogP contribution in [0.4, 0.5) is 0 Å². The van der Waals surface area contributed by atoms with Crippen LogP contribution in [0, 0.1) is 0 Å². The molecule has 0 amide bonds. The van der Waals surface area contributed by atoms with Gasteiger partial charge in [-0.15, -0.1) is 0 Å². The molecule has 0 N–H and O–H groups in total. The van der Waals surface area contributed by atoms with E-state index in [1.54, 1.807) is 0 Å². The molecule has 2 saturated heterocycles. The third-order valence-electron chi connectivity index (χ3n) is 5.88. The van der Waals surface area contributed by atoms with Crippen LogP contribution < -0.4 is 0 Å². The van der Waals surface area contributed by atoms with Gasteiger partial charge in [0.25, 0.3) is 0 Å². The lowest BCUT2D eigenvalue weighted by Crippen LogP contribution is -2.39. The van der Waals surface area contributed by atoms with E-state index in [-0.39, 0.29) is 6.61 Å². The summed E-state index contributed by atoms with van der Waals surface area (Å²) in [5.74, 6) is 0. The second-order valence-corrected chi connectivity index (χ2v) is 8.49. The van der Waals surface area contributed by atoms with E-state index in [1.165, 1.54) is 7.11 Å².